The molecule has 7 aliphatic rings. The number of aliphatic hydroxyl groups is 1. The molecule has 1 unspecified atom stereocenters. The fourth-order valence-corrected chi connectivity index (χ4v) is 14.0. The Morgan fingerprint density at radius 1 is 1.03 bits per heavy atom. The number of hydrogen-bond acceptors (Lipinski definition) is 12. The van der Waals surface area contributed by atoms with Gasteiger partial charge in [0.2, 0.25) is 0 Å². The summed E-state index contributed by atoms with van der Waals surface area (Å²) in [5.74, 6) is 1.60. The lowest BCUT2D eigenvalue weighted by Crippen LogP contribution is -2.75. The lowest BCUT2D eigenvalue weighted by Gasteiger charge is -2.58. The van der Waals surface area contributed by atoms with E-state index in [1.807, 2.05) is 43.1 Å². The number of nitrogens with one attached hydrogen (secondary N) is 1. The van der Waals surface area contributed by atoms with Gasteiger partial charge < -0.3 is 38.7 Å². The van der Waals surface area contributed by atoms with Crippen molar-refractivity contribution in [1.29, 1.82) is 0 Å². The van der Waals surface area contributed by atoms with Crippen LogP contribution < -0.4 is 9.64 Å². The molecule has 3 aromatic rings. The normalized spacial score (nSPS) is 37.7. The Balaban J connectivity index is 1.29. The van der Waals surface area contributed by atoms with E-state index in [9.17, 15) is 14.7 Å². The summed E-state index contributed by atoms with van der Waals surface area (Å²) < 4.78 is 31.5. The number of likely N-dealkylation sites (N-methyl/N-ethyl adjacent to an activating group) is 1. The van der Waals surface area contributed by atoms with Gasteiger partial charge in [0.15, 0.2) is 11.8 Å². The predicted octanol–water partition coefficient (Wildman–Crippen LogP) is 4.34. The van der Waals surface area contributed by atoms with Crippen molar-refractivity contribution in [2.24, 2.45) is 11.3 Å². The molecule has 3 saturated heterocycles. The lowest BCUT2D eigenvalue weighted by molar-refractivity contribution is -0.178. The number of terminal acetylenes is 1. The van der Waals surface area contributed by atoms with Gasteiger partial charge in [-0.25, -0.2) is 4.79 Å². The van der Waals surface area contributed by atoms with Crippen LogP contribution in [0.1, 0.15) is 80.8 Å². The Morgan fingerprint density at radius 2 is 1.82 bits per heavy atom. The molecule has 7 heterocycles. The van der Waals surface area contributed by atoms with Crippen LogP contribution >= 0.6 is 0 Å². The molecular formula is C48H56N4O9. The number of methoxy groups -OCH3 is 3. The highest BCUT2D eigenvalue weighted by Crippen LogP contribution is 2.80. The molecular weight excluding hydrogens is 777 g/mol. The number of carbonyl (C=O) groups excluding carboxylic acids is 3. The first-order chi connectivity index (χ1) is 29.2. The summed E-state index contributed by atoms with van der Waals surface area (Å²) in [4.78, 5) is 53.7. The summed E-state index contributed by atoms with van der Waals surface area (Å²) >= 11 is 0. The smallest absolute Gasteiger partial charge is 0.347 e. The molecule has 13 heteroatoms. The predicted molar refractivity (Wildman–Crippen MR) is 226 cm³/mol. The summed E-state index contributed by atoms with van der Waals surface area (Å²) in [5.41, 5.74) is -1.48. The molecule has 6 aliphatic heterocycles. The van der Waals surface area contributed by atoms with E-state index in [0.29, 0.717) is 82.6 Å². The molecule has 10 rings (SSSR count). The molecule has 13 nitrogen and oxygen atoms in total. The van der Waals surface area contributed by atoms with Crippen LogP contribution in [0.5, 0.6) is 5.75 Å². The minimum absolute atomic E-state index is 0.113. The zero-order valence-corrected chi connectivity index (χ0v) is 36.2. The molecule has 1 saturated carbocycles. The minimum Gasteiger partial charge on any atom is -0.496 e. The van der Waals surface area contributed by atoms with Crippen molar-refractivity contribution >= 4 is 34.5 Å². The zero-order valence-electron chi connectivity index (χ0n) is 36.2. The van der Waals surface area contributed by atoms with Crippen LogP contribution in [0.25, 0.3) is 10.9 Å². The van der Waals surface area contributed by atoms with Gasteiger partial charge in [0.1, 0.15) is 11.2 Å². The molecule has 10 atom stereocenters. The topological polar surface area (TPSA) is 146 Å². The van der Waals surface area contributed by atoms with Crippen LogP contribution in [-0.4, -0.2) is 128 Å². The van der Waals surface area contributed by atoms with E-state index in [0.717, 1.165) is 39.0 Å². The van der Waals surface area contributed by atoms with Crippen LogP contribution in [0.4, 0.5) is 5.69 Å². The molecule has 4 fully saturated rings. The van der Waals surface area contributed by atoms with Crippen LogP contribution in [0.15, 0.2) is 42.5 Å². The van der Waals surface area contributed by atoms with Gasteiger partial charge in [0.25, 0.3) is 5.60 Å². The number of carbonyl (C=O) groups is 3. The number of benzene rings is 2. The molecule has 322 valence electrons. The van der Waals surface area contributed by atoms with Crippen molar-refractivity contribution in [3.05, 3.63) is 70.4 Å². The number of nitrogens with zero attached hydrogens (tertiary/aromatic N) is 3. The first-order valence-corrected chi connectivity index (χ1v) is 21.7. The van der Waals surface area contributed by atoms with Gasteiger partial charge in [-0.3, -0.25) is 19.4 Å². The lowest BCUT2D eigenvalue weighted by atomic mass is 9.49. The maximum Gasteiger partial charge on any atom is 0.347 e. The van der Waals surface area contributed by atoms with E-state index < -0.39 is 57.2 Å². The number of hydrogen-bond donors (Lipinski definition) is 2. The van der Waals surface area contributed by atoms with E-state index >= 15 is 4.79 Å². The van der Waals surface area contributed by atoms with Gasteiger partial charge in [0, 0.05) is 91.1 Å². The van der Waals surface area contributed by atoms with Gasteiger partial charge in [-0.2, -0.15) is 0 Å². The summed E-state index contributed by atoms with van der Waals surface area (Å²) in [6.45, 7) is 8.74. The fraction of sp³-hybridized carbons (Fsp3) is 0.562. The summed E-state index contributed by atoms with van der Waals surface area (Å²) in [6, 6.07) is 9.75. The molecule has 61 heavy (non-hydrogen) atoms. The first-order valence-electron chi connectivity index (χ1n) is 21.7. The number of aromatic amines is 1. The molecule has 2 aromatic carbocycles. The number of anilines is 1. The zero-order chi connectivity index (χ0) is 43.1. The van der Waals surface area contributed by atoms with Crippen LogP contribution in [0.2, 0.25) is 0 Å². The third-order valence-corrected chi connectivity index (χ3v) is 16.3. The molecule has 2 N–H and O–H groups in total. The minimum atomic E-state index is -1.67. The van der Waals surface area contributed by atoms with E-state index in [4.69, 9.17) is 30.1 Å². The second-order valence-electron chi connectivity index (χ2n) is 18.7. The molecule has 2 bridgehead atoms. The second kappa shape index (κ2) is 13.3. The average molecular weight is 833 g/mol. The van der Waals surface area contributed by atoms with E-state index in [1.165, 1.54) is 21.1 Å². The summed E-state index contributed by atoms with van der Waals surface area (Å²) in [6.07, 6.45) is 12.4. The maximum atomic E-state index is 15.4. The van der Waals surface area contributed by atoms with Gasteiger partial charge in [-0.15, -0.1) is 6.42 Å². The molecule has 0 radical (unpaired) electrons. The number of esters is 3. The Bertz CT molecular complexity index is 2470. The molecule has 1 aromatic heterocycles. The number of fused-ring (bicyclic) bond motifs is 6. The fourth-order valence-electron chi connectivity index (χ4n) is 14.0. The molecule has 2 spiro atoms. The Hall–Kier alpha value is -4.87. The third kappa shape index (κ3) is 4.74. The number of rotatable bonds is 7. The summed E-state index contributed by atoms with van der Waals surface area (Å²) in [5, 5.41) is 13.0. The number of epoxide rings is 1. The van der Waals surface area contributed by atoms with Crippen molar-refractivity contribution in [1.82, 2.24) is 14.8 Å². The van der Waals surface area contributed by atoms with Crippen molar-refractivity contribution in [3.63, 3.8) is 0 Å². The molecule has 1 aliphatic carbocycles. The molecule has 0 amide bonds. The van der Waals surface area contributed by atoms with Gasteiger partial charge in [-0.1, -0.05) is 31.9 Å². The van der Waals surface area contributed by atoms with Gasteiger partial charge >= 0.3 is 17.9 Å². The van der Waals surface area contributed by atoms with Crippen molar-refractivity contribution < 1.29 is 43.2 Å². The second-order valence-corrected chi connectivity index (χ2v) is 18.7. The third-order valence-electron chi connectivity index (χ3n) is 16.3. The number of H-pyrrole nitrogens is 1. The van der Waals surface area contributed by atoms with Crippen molar-refractivity contribution in [3.8, 4) is 18.1 Å². The van der Waals surface area contributed by atoms with E-state index in [2.05, 4.69) is 45.8 Å². The number of ether oxygens (including phenoxy) is 5. The van der Waals surface area contributed by atoms with Crippen molar-refractivity contribution in [2.75, 3.05) is 66.0 Å². The van der Waals surface area contributed by atoms with Crippen LogP contribution in [-0.2, 0) is 50.6 Å². The van der Waals surface area contributed by atoms with Crippen LogP contribution in [0, 0.1) is 23.7 Å². The number of aromatic nitrogens is 1. The Labute approximate surface area is 356 Å². The highest BCUT2D eigenvalue weighted by Gasteiger charge is 2.98. The van der Waals surface area contributed by atoms with Crippen LogP contribution in [0.3, 0.4) is 0 Å². The van der Waals surface area contributed by atoms with E-state index in [-0.39, 0.29) is 12.0 Å². The number of piperidine rings is 1. The van der Waals surface area contributed by atoms with Gasteiger partial charge in [0.05, 0.1) is 32.3 Å². The quantitative estimate of drug-likeness (QED) is 0.115. The van der Waals surface area contributed by atoms with E-state index in [1.54, 1.807) is 7.11 Å². The first kappa shape index (κ1) is 40.2. The monoisotopic (exact) mass is 832 g/mol. The van der Waals surface area contributed by atoms with Crippen molar-refractivity contribution in [2.45, 2.75) is 99.2 Å². The highest BCUT2D eigenvalue weighted by atomic mass is 16.7. The average Bonchev–Trinajstić information content (AvgIpc) is 3.51. The standard InChI is InChI=1S/C48H56N4O9/c1-9-29-13-14-35-32(21-29)31-15-19-51-26-30(24-43(56,10-2)27-51)25-45(38(31)49-35,41(54)58-7)34-22-33-36(23-37(34)57-6)50(5)48-46(33)17-20-52-18-12-16-44(11-3,39(46)52)40(60-28(4)53)47(48,61-48)42(55)59-8/h1,12-14,16,21-23,30,39-40,49,56H,10-11,15,17-20,24-27H2,2-8H3/t30-,39+,40-,43+,44-,45+,46-,47+,48+/m1/s1. The van der Waals surface area contributed by atoms with Gasteiger partial charge in [-0.05, 0) is 86.4 Å². The maximum absolute atomic E-state index is 15.4. The summed E-state index contributed by atoms with van der Waals surface area (Å²) in [7, 11) is 6.33. The Kier molecular flexibility index (Phi) is 8.78. The highest BCUT2D eigenvalue weighted by molar-refractivity contribution is 5.96. The largest absolute Gasteiger partial charge is 0.496 e. The SMILES string of the molecule is C#Cc1ccc2[nH]c3c(c2c1)CCN1C[C@H](C[C@@](O)(CC)C1)C[C@]3(C(=O)OC)c1cc2c(cc1OC)N(C)[C@@]13O[C@]1(C(=O)OC)[C@H](OC(C)=O)[C@]1(CC)C=CCN4CC[C@]23[C@@H]41. The Morgan fingerprint density at radius 3 is 2.51 bits per heavy atom.